The van der Waals surface area contributed by atoms with Gasteiger partial charge in [0, 0.05) is 23.3 Å². The molecule has 3 rings (SSSR count). The van der Waals surface area contributed by atoms with Gasteiger partial charge in [0.15, 0.2) is 0 Å². The Morgan fingerprint density at radius 3 is 2.18 bits per heavy atom. The molecule has 2 aromatic carbocycles. The maximum Gasteiger partial charge on any atom is 0.335 e. The molecule has 1 aliphatic rings. The summed E-state index contributed by atoms with van der Waals surface area (Å²) in [6.45, 7) is 4.09. The third kappa shape index (κ3) is 3.70. The molecular formula is C20H24N2O5S. The third-order valence-electron chi connectivity index (χ3n) is 5.24. The molecule has 0 saturated carbocycles. The Kier molecular flexibility index (Phi) is 5.36. The van der Waals surface area contributed by atoms with E-state index in [-0.39, 0.29) is 22.5 Å². The van der Waals surface area contributed by atoms with Crippen LogP contribution in [0.15, 0.2) is 41.3 Å². The Morgan fingerprint density at radius 2 is 1.71 bits per heavy atom. The number of sulfonamides is 1. The van der Waals surface area contributed by atoms with Crippen LogP contribution in [0.4, 0.5) is 5.69 Å². The highest BCUT2D eigenvalue weighted by atomic mass is 32.2. The highest BCUT2D eigenvalue weighted by molar-refractivity contribution is 7.89. The standard InChI is InChI=1S/C20H24N2O5S/c1-12-4-5-13(2)22(12)17-10-15(20(23)24)11-18(28(21,25)26)19(17)14-6-8-16(27-3)9-7-14/h6-13H,4-5H2,1-3H3,(H,23,24)(H2,21,25,26). The van der Waals surface area contributed by atoms with Gasteiger partial charge in [0.05, 0.1) is 17.6 Å². The van der Waals surface area contributed by atoms with Crippen molar-refractivity contribution in [1.82, 2.24) is 0 Å². The fourth-order valence-corrected chi connectivity index (χ4v) is 4.67. The molecule has 1 saturated heterocycles. The van der Waals surface area contributed by atoms with Crippen LogP contribution < -0.4 is 14.8 Å². The first-order valence-corrected chi connectivity index (χ1v) is 10.5. The fourth-order valence-electron chi connectivity index (χ4n) is 3.87. The normalized spacial score (nSPS) is 19.6. The Hall–Kier alpha value is -2.58. The lowest BCUT2D eigenvalue weighted by molar-refractivity contribution is 0.0696. The number of nitrogens with two attached hydrogens (primary N) is 1. The average molecular weight is 404 g/mol. The summed E-state index contributed by atoms with van der Waals surface area (Å²) >= 11 is 0. The molecule has 7 nitrogen and oxygen atoms in total. The van der Waals surface area contributed by atoms with Crippen molar-refractivity contribution >= 4 is 21.7 Å². The van der Waals surface area contributed by atoms with E-state index in [1.807, 2.05) is 13.8 Å². The van der Waals surface area contributed by atoms with Crippen LogP contribution in [0.2, 0.25) is 0 Å². The van der Waals surface area contributed by atoms with Gasteiger partial charge in [-0.2, -0.15) is 0 Å². The first-order valence-electron chi connectivity index (χ1n) is 9.00. The van der Waals surface area contributed by atoms with Gasteiger partial charge in [0.2, 0.25) is 10.0 Å². The molecule has 1 heterocycles. The van der Waals surface area contributed by atoms with E-state index in [1.54, 1.807) is 31.4 Å². The molecule has 0 radical (unpaired) electrons. The number of primary sulfonamides is 1. The molecule has 28 heavy (non-hydrogen) atoms. The lowest BCUT2D eigenvalue weighted by atomic mass is 9.99. The second-order valence-electron chi connectivity index (χ2n) is 7.13. The summed E-state index contributed by atoms with van der Waals surface area (Å²) in [7, 11) is -2.61. The second kappa shape index (κ2) is 7.44. The highest BCUT2D eigenvalue weighted by Gasteiger charge is 2.32. The number of methoxy groups -OCH3 is 1. The van der Waals surface area contributed by atoms with Crippen molar-refractivity contribution in [2.24, 2.45) is 5.14 Å². The van der Waals surface area contributed by atoms with E-state index < -0.39 is 16.0 Å². The number of carboxylic acid groups (broad SMARTS) is 1. The lowest BCUT2D eigenvalue weighted by Gasteiger charge is -2.32. The molecule has 0 aliphatic carbocycles. The maximum absolute atomic E-state index is 12.4. The summed E-state index contributed by atoms with van der Waals surface area (Å²) in [4.78, 5) is 13.6. The molecule has 0 aromatic heterocycles. The van der Waals surface area contributed by atoms with Gasteiger partial charge in [-0.25, -0.2) is 18.4 Å². The molecule has 0 spiro atoms. The minimum Gasteiger partial charge on any atom is -0.497 e. The van der Waals surface area contributed by atoms with E-state index in [2.05, 4.69) is 4.90 Å². The van der Waals surface area contributed by atoms with Gasteiger partial charge in [-0.05, 0) is 56.5 Å². The zero-order valence-electron chi connectivity index (χ0n) is 16.0. The van der Waals surface area contributed by atoms with E-state index in [0.717, 1.165) is 18.9 Å². The van der Waals surface area contributed by atoms with Gasteiger partial charge in [0.25, 0.3) is 0 Å². The summed E-state index contributed by atoms with van der Waals surface area (Å²) in [5.74, 6) is -0.570. The SMILES string of the molecule is COc1ccc(-c2c(N3C(C)CCC3C)cc(C(=O)O)cc2S(N)(=O)=O)cc1. The van der Waals surface area contributed by atoms with Crippen LogP contribution in [0, 0.1) is 0 Å². The number of carboxylic acids is 1. The van der Waals surface area contributed by atoms with E-state index in [9.17, 15) is 18.3 Å². The Balaban J connectivity index is 2.37. The molecule has 1 fully saturated rings. The number of rotatable bonds is 5. The number of benzene rings is 2. The molecule has 0 amide bonds. The number of ether oxygens (including phenoxy) is 1. The van der Waals surface area contributed by atoms with Crippen molar-refractivity contribution in [2.45, 2.75) is 43.7 Å². The van der Waals surface area contributed by atoms with Gasteiger partial charge in [-0.3, -0.25) is 0 Å². The molecule has 0 bridgehead atoms. The second-order valence-corrected chi connectivity index (χ2v) is 8.66. The van der Waals surface area contributed by atoms with E-state index in [1.165, 1.54) is 6.07 Å². The summed E-state index contributed by atoms with van der Waals surface area (Å²) in [6.07, 6.45) is 1.87. The maximum atomic E-state index is 12.4. The van der Waals surface area contributed by atoms with Gasteiger partial charge < -0.3 is 14.7 Å². The molecule has 150 valence electrons. The number of anilines is 1. The smallest absolute Gasteiger partial charge is 0.335 e. The van der Waals surface area contributed by atoms with Crippen LogP contribution in [0.25, 0.3) is 11.1 Å². The van der Waals surface area contributed by atoms with E-state index in [0.29, 0.717) is 22.6 Å². The first-order chi connectivity index (χ1) is 13.1. The zero-order chi connectivity index (χ0) is 20.6. The predicted octanol–water partition coefficient (Wildman–Crippen LogP) is 3.09. The molecule has 8 heteroatoms. The number of hydrogen-bond acceptors (Lipinski definition) is 5. The number of hydrogen-bond donors (Lipinski definition) is 2. The van der Waals surface area contributed by atoms with Gasteiger partial charge >= 0.3 is 5.97 Å². The van der Waals surface area contributed by atoms with Crippen LogP contribution in [0.5, 0.6) is 5.75 Å². The van der Waals surface area contributed by atoms with Gasteiger partial charge in [0.1, 0.15) is 5.75 Å². The van der Waals surface area contributed by atoms with Crippen LogP contribution in [-0.4, -0.2) is 38.7 Å². The van der Waals surface area contributed by atoms with Crippen molar-refractivity contribution in [3.05, 3.63) is 42.0 Å². The van der Waals surface area contributed by atoms with E-state index >= 15 is 0 Å². The summed E-state index contributed by atoms with van der Waals surface area (Å²) in [6, 6.07) is 9.91. The number of nitrogens with zero attached hydrogens (tertiary/aromatic N) is 1. The van der Waals surface area contributed by atoms with Crippen LogP contribution in [0.3, 0.4) is 0 Å². The van der Waals surface area contributed by atoms with Crippen molar-refractivity contribution in [1.29, 1.82) is 0 Å². The van der Waals surface area contributed by atoms with E-state index in [4.69, 9.17) is 9.88 Å². The Labute approximate surface area is 164 Å². The highest BCUT2D eigenvalue weighted by Crippen LogP contribution is 2.42. The van der Waals surface area contributed by atoms with Crippen molar-refractivity contribution in [3.63, 3.8) is 0 Å². The third-order valence-corrected chi connectivity index (χ3v) is 6.18. The zero-order valence-corrected chi connectivity index (χ0v) is 16.9. The Morgan fingerprint density at radius 1 is 1.14 bits per heavy atom. The van der Waals surface area contributed by atoms with Gasteiger partial charge in [-0.15, -0.1) is 0 Å². The van der Waals surface area contributed by atoms with Crippen LogP contribution in [-0.2, 0) is 10.0 Å². The lowest BCUT2D eigenvalue weighted by Crippen LogP contribution is -2.33. The minimum absolute atomic E-state index is 0.109. The predicted molar refractivity (Wildman–Crippen MR) is 107 cm³/mol. The van der Waals surface area contributed by atoms with Gasteiger partial charge in [-0.1, -0.05) is 12.1 Å². The number of carbonyl (C=O) groups is 1. The van der Waals surface area contributed by atoms with Crippen molar-refractivity contribution < 1.29 is 23.1 Å². The summed E-state index contributed by atoms with van der Waals surface area (Å²) in [5, 5.41) is 15.0. The minimum atomic E-state index is -4.16. The van der Waals surface area contributed by atoms with Crippen molar-refractivity contribution in [3.8, 4) is 16.9 Å². The molecule has 2 aromatic rings. The summed E-state index contributed by atoms with van der Waals surface area (Å²) < 4.78 is 30.0. The molecule has 1 aliphatic heterocycles. The molecule has 2 atom stereocenters. The number of aromatic carboxylic acids is 1. The van der Waals surface area contributed by atoms with Crippen LogP contribution >= 0.6 is 0 Å². The van der Waals surface area contributed by atoms with Crippen molar-refractivity contribution in [2.75, 3.05) is 12.0 Å². The van der Waals surface area contributed by atoms with Crippen LogP contribution in [0.1, 0.15) is 37.0 Å². The first kappa shape index (κ1) is 20.2. The molecule has 2 unspecified atom stereocenters. The Bertz CT molecular complexity index is 992. The molecular weight excluding hydrogens is 380 g/mol. The monoisotopic (exact) mass is 404 g/mol. The summed E-state index contributed by atoms with van der Waals surface area (Å²) in [5.41, 5.74) is 1.49. The average Bonchev–Trinajstić information content (AvgIpc) is 2.98. The quantitative estimate of drug-likeness (QED) is 0.792. The fraction of sp³-hybridized carbons (Fsp3) is 0.350. The largest absolute Gasteiger partial charge is 0.497 e. The molecule has 3 N–H and O–H groups in total. The topological polar surface area (TPSA) is 110 Å².